The normalized spacial score (nSPS) is 15.8. The molecule has 1 amide bonds. The van der Waals surface area contributed by atoms with Gasteiger partial charge in [0.05, 0.1) is 13.0 Å². The summed E-state index contributed by atoms with van der Waals surface area (Å²) < 4.78 is 34.6. The molecule has 206 valence electrons. The number of alkyl halides is 3. The zero-order valence-corrected chi connectivity index (χ0v) is 20.8. The van der Waals surface area contributed by atoms with Gasteiger partial charge in [-0.15, -0.1) is 0 Å². The van der Waals surface area contributed by atoms with E-state index in [2.05, 4.69) is 10.1 Å². The van der Waals surface area contributed by atoms with Crippen LogP contribution in [0.4, 0.5) is 13.2 Å². The van der Waals surface area contributed by atoms with Crippen LogP contribution in [0.25, 0.3) is 0 Å². The third-order valence-corrected chi connectivity index (χ3v) is 6.97. The summed E-state index contributed by atoms with van der Waals surface area (Å²) in [6, 6.07) is 15.1. The average Bonchev–Trinajstić information content (AvgIpc) is 3.26. The Bertz CT molecular complexity index is 1450. The minimum absolute atomic E-state index is 0.0657. The highest BCUT2D eigenvalue weighted by molar-refractivity contribution is 5.78. The molecule has 5 rings (SSSR count). The number of carbonyl (C=O) groups excluding carboxylic acids is 1. The van der Waals surface area contributed by atoms with Gasteiger partial charge in [-0.2, -0.15) is 18.3 Å². The number of carbonyl (C=O) groups is 2. The minimum atomic E-state index is -5.08. The molecule has 39 heavy (non-hydrogen) atoms. The molecule has 1 saturated heterocycles. The maximum Gasteiger partial charge on any atom is 0.490 e. The smallest absolute Gasteiger partial charge is 0.475 e. The van der Waals surface area contributed by atoms with E-state index < -0.39 is 23.3 Å². The highest BCUT2D eigenvalue weighted by Gasteiger charge is 2.45. The Morgan fingerprint density at radius 1 is 0.923 bits per heavy atom. The summed E-state index contributed by atoms with van der Waals surface area (Å²) in [6.07, 6.45) is -0.861. The van der Waals surface area contributed by atoms with Crippen molar-refractivity contribution in [3.05, 3.63) is 92.5 Å². The van der Waals surface area contributed by atoms with Gasteiger partial charge in [0, 0.05) is 36.9 Å². The molecule has 0 radical (unpaired) electrons. The van der Waals surface area contributed by atoms with Gasteiger partial charge < -0.3 is 10.0 Å². The number of rotatable bonds is 4. The molecule has 2 aliphatic heterocycles. The van der Waals surface area contributed by atoms with Crippen molar-refractivity contribution in [2.24, 2.45) is 0 Å². The van der Waals surface area contributed by atoms with E-state index in [1.807, 2.05) is 53.4 Å². The van der Waals surface area contributed by atoms with Gasteiger partial charge in [0.2, 0.25) is 5.91 Å². The average molecular weight is 546 g/mol. The number of aliphatic carboxylic acids is 1. The molecule has 1 spiro atoms. The van der Waals surface area contributed by atoms with Crippen LogP contribution in [0.15, 0.2) is 64.3 Å². The third-order valence-electron chi connectivity index (χ3n) is 6.97. The molecule has 2 aromatic heterocycles. The first kappa shape index (κ1) is 27.7. The fourth-order valence-electron chi connectivity index (χ4n) is 4.86. The Kier molecular flexibility index (Phi) is 7.98. The van der Waals surface area contributed by atoms with Gasteiger partial charge in [-0.05, 0) is 37.0 Å². The van der Waals surface area contributed by atoms with Crippen molar-refractivity contribution in [2.45, 2.75) is 50.4 Å². The van der Waals surface area contributed by atoms with Crippen molar-refractivity contribution in [3.8, 4) is 0 Å². The summed E-state index contributed by atoms with van der Waals surface area (Å²) in [6.45, 7) is 2.00. The zero-order valence-electron chi connectivity index (χ0n) is 20.8. The van der Waals surface area contributed by atoms with E-state index in [1.165, 1.54) is 4.68 Å². The lowest BCUT2D eigenvalue weighted by atomic mass is 9.76. The molecule has 13 heteroatoms. The van der Waals surface area contributed by atoms with Crippen LogP contribution >= 0.6 is 0 Å². The molecule has 0 atom stereocenters. The lowest BCUT2D eigenvalue weighted by molar-refractivity contribution is -0.192. The second-order valence-electron chi connectivity index (χ2n) is 9.44. The SMILES string of the molecule is O=C(Cc1ccccn1)N1CCC2(CC1)CCn1c2nn(Cc2ccccc2)c(=O)c1=O.O=C(O)C(F)(F)F. The number of benzene rings is 1. The van der Waals surface area contributed by atoms with Crippen molar-refractivity contribution in [1.29, 1.82) is 0 Å². The number of piperidine rings is 1. The quantitative estimate of drug-likeness (QED) is 0.497. The highest BCUT2D eigenvalue weighted by Crippen LogP contribution is 2.41. The Hall–Kier alpha value is -4.29. The number of amides is 1. The molecule has 1 N–H and O–H groups in total. The molecule has 2 aliphatic rings. The van der Waals surface area contributed by atoms with Crippen LogP contribution in [-0.4, -0.2) is 60.5 Å². The van der Waals surface area contributed by atoms with Crippen molar-refractivity contribution in [1.82, 2.24) is 24.2 Å². The van der Waals surface area contributed by atoms with Crippen LogP contribution in [-0.2, 0) is 34.5 Å². The number of hydrogen-bond donors (Lipinski definition) is 1. The third kappa shape index (κ3) is 6.24. The summed E-state index contributed by atoms with van der Waals surface area (Å²) in [5.74, 6) is -2.00. The number of halogens is 3. The van der Waals surface area contributed by atoms with Gasteiger partial charge in [0.15, 0.2) is 0 Å². The summed E-state index contributed by atoms with van der Waals surface area (Å²) in [7, 11) is 0. The van der Waals surface area contributed by atoms with Crippen LogP contribution in [0.3, 0.4) is 0 Å². The second-order valence-corrected chi connectivity index (χ2v) is 9.44. The molecular weight excluding hydrogens is 519 g/mol. The monoisotopic (exact) mass is 545 g/mol. The molecule has 4 heterocycles. The Morgan fingerprint density at radius 2 is 1.54 bits per heavy atom. The van der Waals surface area contributed by atoms with E-state index in [0.29, 0.717) is 31.9 Å². The maximum atomic E-state index is 12.8. The Morgan fingerprint density at radius 3 is 2.13 bits per heavy atom. The van der Waals surface area contributed by atoms with E-state index >= 15 is 0 Å². The second kappa shape index (κ2) is 11.2. The summed E-state index contributed by atoms with van der Waals surface area (Å²) in [4.78, 5) is 53.2. The summed E-state index contributed by atoms with van der Waals surface area (Å²) in [5, 5.41) is 11.8. The lowest BCUT2D eigenvalue weighted by Crippen LogP contribution is -2.48. The number of nitrogens with zero attached hydrogens (tertiary/aromatic N) is 5. The van der Waals surface area contributed by atoms with Crippen molar-refractivity contribution in [3.63, 3.8) is 0 Å². The highest BCUT2D eigenvalue weighted by atomic mass is 19.4. The summed E-state index contributed by atoms with van der Waals surface area (Å²) in [5.41, 5.74) is 0.331. The Balaban J connectivity index is 0.000000448. The topological polar surface area (TPSA) is 127 Å². The number of likely N-dealkylation sites (tertiary alicyclic amines) is 1. The number of fused-ring (bicyclic) bond motifs is 2. The molecule has 0 saturated carbocycles. The molecule has 3 aromatic rings. The summed E-state index contributed by atoms with van der Waals surface area (Å²) >= 11 is 0. The standard InChI is InChI=1S/C24H25N5O3.C2HF3O2/c30-20(16-19-8-4-5-12-25-19)27-13-9-24(10-14-27)11-15-28-21(31)22(32)29(26-23(24)28)17-18-6-2-1-3-7-18;3-2(4,5)1(6)7/h1-8,12H,9-11,13-17H2;(H,6,7). The van der Waals surface area contributed by atoms with Crippen LogP contribution in [0, 0.1) is 0 Å². The fraction of sp³-hybridized carbons (Fsp3) is 0.385. The van der Waals surface area contributed by atoms with Gasteiger partial charge in [-0.3, -0.25) is 23.9 Å². The molecule has 1 aromatic carbocycles. The minimum Gasteiger partial charge on any atom is -0.475 e. The first-order valence-corrected chi connectivity index (χ1v) is 12.2. The van der Waals surface area contributed by atoms with Gasteiger partial charge in [-0.25, -0.2) is 9.48 Å². The van der Waals surface area contributed by atoms with E-state index in [4.69, 9.17) is 9.90 Å². The number of aromatic nitrogens is 4. The molecule has 1 fully saturated rings. The first-order chi connectivity index (χ1) is 18.5. The number of carboxylic acids is 1. The zero-order chi connectivity index (χ0) is 28.2. The van der Waals surface area contributed by atoms with Gasteiger partial charge in [0.1, 0.15) is 5.82 Å². The molecule has 10 nitrogen and oxygen atoms in total. The number of hydrogen-bond acceptors (Lipinski definition) is 6. The number of carboxylic acid groups (broad SMARTS) is 1. The van der Waals surface area contributed by atoms with Crippen LogP contribution in [0.2, 0.25) is 0 Å². The Labute approximate surface area is 220 Å². The molecule has 0 bridgehead atoms. The van der Waals surface area contributed by atoms with E-state index in [9.17, 15) is 27.6 Å². The van der Waals surface area contributed by atoms with Crippen LogP contribution in [0.5, 0.6) is 0 Å². The van der Waals surface area contributed by atoms with Crippen molar-refractivity contribution in [2.75, 3.05) is 13.1 Å². The first-order valence-electron chi connectivity index (χ1n) is 12.2. The van der Waals surface area contributed by atoms with Gasteiger partial charge >= 0.3 is 23.3 Å². The maximum absolute atomic E-state index is 12.8. The van der Waals surface area contributed by atoms with E-state index in [1.54, 1.807) is 10.8 Å². The van der Waals surface area contributed by atoms with Gasteiger partial charge in [-0.1, -0.05) is 36.4 Å². The van der Waals surface area contributed by atoms with Crippen molar-refractivity contribution < 1.29 is 27.9 Å². The van der Waals surface area contributed by atoms with Gasteiger partial charge in [0.25, 0.3) is 0 Å². The predicted molar refractivity (Wildman–Crippen MR) is 132 cm³/mol. The predicted octanol–water partition coefficient (Wildman–Crippen LogP) is 1.99. The molecule has 0 unspecified atom stereocenters. The molecule has 0 aliphatic carbocycles. The fourth-order valence-corrected chi connectivity index (χ4v) is 4.86. The van der Waals surface area contributed by atoms with Crippen molar-refractivity contribution >= 4 is 11.9 Å². The van der Waals surface area contributed by atoms with Crippen LogP contribution < -0.4 is 11.1 Å². The van der Waals surface area contributed by atoms with E-state index in [-0.39, 0.29) is 17.9 Å². The largest absolute Gasteiger partial charge is 0.490 e. The number of pyridine rings is 1. The molecular formula is C26H26F3N5O5. The lowest BCUT2D eigenvalue weighted by Gasteiger charge is -2.38. The van der Waals surface area contributed by atoms with Crippen LogP contribution in [0.1, 0.15) is 36.3 Å². The van der Waals surface area contributed by atoms with E-state index in [0.717, 1.165) is 30.5 Å².